The standard InChI is InChI=1S/C27H23N5O/c1-31(18-23-11-9-21(16-28)10-12-23)26(33)14-13-25-20-32(19-22-6-3-2-4-7-22)30-27(25)24-8-5-15-29-17-24/h2-15,17,20H,18-19H2,1H3. The van der Waals surface area contributed by atoms with Crippen LogP contribution in [0.3, 0.4) is 0 Å². The van der Waals surface area contributed by atoms with E-state index in [2.05, 4.69) is 23.2 Å². The molecule has 6 heteroatoms. The Kier molecular flexibility index (Phi) is 6.72. The molecule has 0 saturated carbocycles. The normalized spacial score (nSPS) is 10.8. The number of carbonyl (C=O) groups is 1. The van der Waals surface area contributed by atoms with Crippen molar-refractivity contribution in [3.8, 4) is 17.3 Å². The van der Waals surface area contributed by atoms with E-state index in [4.69, 9.17) is 10.4 Å². The van der Waals surface area contributed by atoms with Crippen molar-refractivity contribution in [2.45, 2.75) is 13.1 Å². The van der Waals surface area contributed by atoms with Gasteiger partial charge in [-0.25, -0.2) is 0 Å². The number of amides is 1. The molecule has 0 aliphatic rings. The van der Waals surface area contributed by atoms with Gasteiger partial charge >= 0.3 is 0 Å². The van der Waals surface area contributed by atoms with Crippen LogP contribution in [0.5, 0.6) is 0 Å². The van der Waals surface area contributed by atoms with Gasteiger partial charge in [-0.1, -0.05) is 42.5 Å². The van der Waals surface area contributed by atoms with Gasteiger partial charge in [-0.2, -0.15) is 10.4 Å². The summed E-state index contributed by atoms with van der Waals surface area (Å²) in [5.74, 6) is -0.118. The Bertz CT molecular complexity index is 1290. The van der Waals surface area contributed by atoms with Crippen molar-refractivity contribution in [1.82, 2.24) is 19.7 Å². The molecule has 0 spiro atoms. The Morgan fingerprint density at radius 2 is 1.85 bits per heavy atom. The van der Waals surface area contributed by atoms with Crippen LogP contribution in [0.2, 0.25) is 0 Å². The van der Waals surface area contributed by atoms with Gasteiger partial charge in [0.05, 0.1) is 18.2 Å². The molecule has 0 bridgehead atoms. The average molecular weight is 434 g/mol. The fourth-order valence-corrected chi connectivity index (χ4v) is 3.46. The Morgan fingerprint density at radius 3 is 2.55 bits per heavy atom. The lowest BCUT2D eigenvalue weighted by Crippen LogP contribution is -2.24. The molecule has 162 valence electrons. The number of nitrogens with zero attached hydrogens (tertiary/aromatic N) is 5. The predicted octanol–water partition coefficient (Wildman–Crippen LogP) is 4.54. The lowest BCUT2D eigenvalue weighted by molar-refractivity contribution is -0.125. The first-order valence-electron chi connectivity index (χ1n) is 10.6. The fourth-order valence-electron chi connectivity index (χ4n) is 3.46. The Labute approximate surface area is 193 Å². The van der Waals surface area contributed by atoms with Crippen molar-refractivity contribution >= 4 is 12.0 Å². The molecule has 2 aromatic carbocycles. The molecule has 4 aromatic rings. The summed E-state index contributed by atoms with van der Waals surface area (Å²) in [5, 5.41) is 13.7. The van der Waals surface area contributed by atoms with Gasteiger partial charge in [0.15, 0.2) is 0 Å². The molecule has 2 heterocycles. The molecular weight excluding hydrogens is 410 g/mol. The number of likely N-dealkylation sites (N-methyl/N-ethyl adjacent to an activating group) is 1. The summed E-state index contributed by atoms with van der Waals surface area (Å²) in [6, 6.07) is 23.3. The second-order valence-electron chi connectivity index (χ2n) is 7.69. The third-order valence-electron chi connectivity index (χ3n) is 5.20. The lowest BCUT2D eigenvalue weighted by Gasteiger charge is -2.15. The number of pyridine rings is 1. The van der Waals surface area contributed by atoms with E-state index >= 15 is 0 Å². The second kappa shape index (κ2) is 10.2. The largest absolute Gasteiger partial charge is 0.338 e. The van der Waals surface area contributed by atoms with Gasteiger partial charge in [-0.3, -0.25) is 14.5 Å². The molecule has 33 heavy (non-hydrogen) atoms. The van der Waals surface area contributed by atoms with Gasteiger partial charge in [-0.15, -0.1) is 0 Å². The van der Waals surface area contributed by atoms with Crippen molar-refractivity contribution in [2.75, 3.05) is 7.05 Å². The minimum absolute atomic E-state index is 0.118. The number of rotatable bonds is 7. The number of carbonyl (C=O) groups excluding carboxylic acids is 1. The van der Waals surface area contributed by atoms with Gasteiger partial charge in [0.2, 0.25) is 5.91 Å². The third kappa shape index (κ3) is 5.60. The summed E-state index contributed by atoms with van der Waals surface area (Å²) in [5.41, 5.74) is 5.22. The van der Waals surface area contributed by atoms with E-state index in [-0.39, 0.29) is 5.91 Å². The summed E-state index contributed by atoms with van der Waals surface area (Å²) < 4.78 is 1.88. The Morgan fingerprint density at radius 1 is 1.06 bits per heavy atom. The third-order valence-corrected chi connectivity index (χ3v) is 5.20. The maximum Gasteiger partial charge on any atom is 0.246 e. The van der Waals surface area contributed by atoms with Crippen LogP contribution in [-0.2, 0) is 17.9 Å². The van der Waals surface area contributed by atoms with Crippen molar-refractivity contribution in [1.29, 1.82) is 5.26 Å². The Hall–Kier alpha value is -4.50. The fraction of sp³-hybridized carbons (Fsp3) is 0.111. The number of hydrogen-bond acceptors (Lipinski definition) is 4. The van der Waals surface area contributed by atoms with Crippen LogP contribution in [0.25, 0.3) is 17.3 Å². The molecule has 0 aliphatic carbocycles. The van der Waals surface area contributed by atoms with Crippen molar-refractivity contribution in [3.05, 3.63) is 114 Å². The van der Waals surface area contributed by atoms with E-state index in [1.807, 2.05) is 53.3 Å². The van der Waals surface area contributed by atoms with E-state index in [0.717, 1.165) is 27.9 Å². The zero-order chi connectivity index (χ0) is 23.0. The number of benzene rings is 2. The highest BCUT2D eigenvalue weighted by Gasteiger charge is 2.12. The molecule has 0 saturated heterocycles. The zero-order valence-electron chi connectivity index (χ0n) is 18.3. The van der Waals surface area contributed by atoms with Crippen LogP contribution in [0.4, 0.5) is 0 Å². The van der Waals surface area contributed by atoms with Crippen molar-refractivity contribution in [2.24, 2.45) is 0 Å². The second-order valence-corrected chi connectivity index (χ2v) is 7.69. The molecule has 4 rings (SSSR count). The highest BCUT2D eigenvalue weighted by atomic mass is 16.2. The summed E-state index contributed by atoms with van der Waals surface area (Å²) in [4.78, 5) is 18.6. The Balaban J connectivity index is 1.53. The summed E-state index contributed by atoms with van der Waals surface area (Å²) >= 11 is 0. The van der Waals surface area contributed by atoms with Crippen LogP contribution < -0.4 is 0 Å². The predicted molar refractivity (Wildman–Crippen MR) is 128 cm³/mol. The molecule has 1 amide bonds. The molecular formula is C27H23N5O. The van der Waals surface area contributed by atoms with Gasteiger partial charge in [0, 0.05) is 49.4 Å². The van der Waals surface area contributed by atoms with Crippen molar-refractivity contribution in [3.63, 3.8) is 0 Å². The summed E-state index contributed by atoms with van der Waals surface area (Å²) in [7, 11) is 1.76. The minimum atomic E-state index is -0.118. The first kappa shape index (κ1) is 21.7. The van der Waals surface area contributed by atoms with E-state index in [1.165, 1.54) is 0 Å². The SMILES string of the molecule is CN(Cc1ccc(C#N)cc1)C(=O)C=Cc1cn(Cc2ccccc2)nc1-c1cccnc1. The van der Waals surface area contributed by atoms with Crippen LogP contribution in [0.15, 0.2) is 91.4 Å². The summed E-state index contributed by atoms with van der Waals surface area (Å²) in [6.07, 6.45) is 8.80. The highest BCUT2D eigenvalue weighted by molar-refractivity contribution is 5.92. The molecule has 0 unspecified atom stereocenters. The molecule has 0 N–H and O–H groups in total. The van der Waals surface area contributed by atoms with E-state index in [0.29, 0.717) is 18.7 Å². The van der Waals surface area contributed by atoms with Crippen LogP contribution in [0, 0.1) is 11.3 Å². The van der Waals surface area contributed by atoms with E-state index in [1.54, 1.807) is 48.6 Å². The average Bonchev–Trinajstić information content (AvgIpc) is 3.26. The van der Waals surface area contributed by atoms with Crippen LogP contribution in [0.1, 0.15) is 22.3 Å². The number of hydrogen-bond donors (Lipinski definition) is 0. The minimum Gasteiger partial charge on any atom is -0.338 e. The smallest absolute Gasteiger partial charge is 0.246 e. The van der Waals surface area contributed by atoms with Gasteiger partial charge in [-0.05, 0) is 41.5 Å². The molecule has 0 radical (unpaired) electrons. The van der Waals surface area contributed by atoms with Crippen LogP contribution >= 0.6 is 0 Å². The lowest BCUT2D eigenvalue weighted by atomic mass is 10.1. The van der Waals surface area contributed by atoms with E-state index in [9.17, 15) is 4.79 Å². The quantitative estimate of drug-likeness (QED) is 0.401. The maximum absolute atomic E-state index is 12.7. The zero-order valence-corrected chi connectivity index (χ0v) is 18.3. The number of aromatic nitrogens is 3. The van der Waals surface area contributed by atoms with Gasteiger partial charge < -0.3 is 4.90 Å². The topological polar surface area (TPSA) is 74.8 Å². The van der Waals surface area contributed by atoms with Gasteiger partial charge in [0.1, 0.15) is 5.69 Å². The molecule has 0 aliphatic heterocycles. The van der Waals surface area contributed by atoms with E-state index < -0.39 is 0 Å². The molecule has 0 atom stereocenters. The maximum atomic E-state index is 12.7. The molecule has 6 nitrogen and oxygen atoms in total. The van der Waals surface area contributed by atoms with Crippen molar-refractivity contribution < 1.29 is 4.79 Å². The summed E-state index contributed by atoms with van der Waals surface area (Å²) in [6.45, 7) is 1.09. The first-order chi connectivity index (χ1) is 16.1. The number of nitriles is 1. The first-order valence-corrected chi connectivity index (χ1v) is 10.6. The molecule has 2 aromatic heterocycles. The molecule has 0 fully saturated rings. The van der Waals surface area contributed by atoms with Crippen LogP contribution in [-0.4, -0.2) is 32.6 Å². The van der Waals surface area contributed by atoms with Gasteiger partial charge in [0.25, 0.3) is 0 Å². The highest BCUT2D eigenvalue weighted by Crippen LogP contribution is 2.23. The monoisotopic (exact) mass is 433 g/mol.